The molecule has 0 aliphatic rings. The van der Waals surface area contributed by atoms with Crippen molar-refractivity contribution in [3.05, 3.63) is 63.7 Å². The molecule has 0 radical (unpaired) electrons. The number of phenols is 1. The zero-order valence-corrected chi connectivity index (χ0v) is 14.5. The summed E-state index contributed by atoms with van der Waals surface area (Å²) in [5, 5.41) is 9.55. The van der Waals surface area contributed by atoms with Gasteiger partial charge >= 0.3 is 0 Å². The van der Waals surface area contributed by atoms with Gasteiger partial charge in [-0.2, -0.15) is 0 Å². The minimum atomic E-state index is 0.337. The third kappa shape index (κ3) is 3.19. The highest BCUT2D eigenvalue weighted by Crippen LogP contribution is 2.35. The fourth-order valence-electron chi connectivity index (χ4n) is 3.40. The fourth-order valence-corrected chi connectivity index (χ4v) is 3.40. The van der Waals surface area contributed by atoms with Crippen molar-refractivity contribution in [3.63, 3.8) is 0 Å². The summed E-state index contributed by atoms with van der Waals surface area (Å²) in [6.45, 7) is 11.2. The minimum Gasteiger partial charge on any atom is -0.508 e. The lowest BCUT2D eigenvalue weighted by atomic mass is 9.81. The Morgan fingerprint density at radius 3 is 2.14 bits per heavy atom. The molecule has 0 spiro atoms. The predicted molar refractivity (Wildman–Crippen MR) is 94.9 cm³/mol. The molecule has 118 valence electrons. The highest BCUT2D eigenvalue weighted by Gasteiger charge is 2.19. The molecule has 1 atom stereocenters. The number of aryl methyl sites for hydroxylation is 1. The standard InChI is InChI=1S/C21H28O/c1-6-8-20-16(5)15(4)14(3)13-21(20)19(7-2)17-9-11-18(22)12-10-17/h9-13,19,22H,6-8H2,1-5H3. The summed E-state index contributed by atoms with van der Waals surface area (Å²) in [6.07, 6.45) is 3.38. The van der Waals surface area contributed by atoms with Gasteiger partial charge in [-0.15, -0.1) is 0 Å². The fraction of sp³-hybridized carbons (Fsp3) is 0.429. The van der Waals surface area contributed by atoms with Crippen LogP contribution in [0.5, 0.6) is 5.75 Å². The normalized spacial score (nSPS) is 12.4. The van der Waals surface area contributed by atoms with E-state index in [1.165, 1.54) is 39.8 Å². The molecule has 0 aromatic heterocycles. The molecule has 1 N–H and O–H groups in total. The van der Waals surface area contributed by atoms with Crippen LogP contribution >= 0.6 is 0 Å². The van der Waals surface area contributed by atoms with Crippen molar-refractivity contribution < 1.29 is 5.11 Å². The van der Waals surface area contributed by atoms with Gasteiger partial charge < -0.3 is 5.11 Å². The molecule has 1 unspecified atom stereocenters. The van der Waals surface area contributed by atoms with Crippen LogP contribution in [0.15, 0.2) is 30.3 Å². The molecule has 0 heterocycles. The second-order valence-electron chi connectivity index (χ2n) is 6.31. The monoisotopic (exact) mass is 296 g/mol. The zero-order chi connectivity index (χ0) is 16.3. The van der Waals surface area contributed by atoms with Crippen LogP contribution in [-0.2, 0) is 6.42 Å². The van der Waals surface area contributed by atoms with E-state index in [4.69, 9.17) is 0 Å². The highest BCUT2D eigenvalue weighted by atomic mass is 16.3. The van der Waals surface area contributed by atoms with E-state index in [0.29, 0.717) is 11.7 Å². The number of benzene rings is 2. The summed E-state index contributed by atoms with van der Waals surface area (Å²) >= 11 is 0. The third-order valence-corrected chi connectivity index (χ3v) is 4.91. The molecule has 0 fully saturated rings. The highest BCUT2D eigenvalue weighted by molar-refractivity contribution is 5.49. The van der Waals surface area contributed by atoms with Gasteiger partial charge in [-0.3, -0.25) is 0 Å². The first kappa shape index (κ1) is 16.6. The Hall–Kier alpha value is -1.76. The van der Waals surface area contributed by atoms with Crippen LogP contribution in [0.2, 0.25) is 0 Å². The molecule has 0 saturated carbocycles. The maximum atomic E-state index is 9.55. The second-order valence-corrected chi connectivity index (χ2v) is 6.31. The van der Waals surface area contributed by atoms with Crippen LogP contribution in [0.25, 0.3) is 0 Å². The quantitative estimate of drug-likeness (QED) is 0.738. The molecule has 0 bridgehead atoms. The van der Waals surface area contributed by atoms with Crippen LogP contribution in [0.1, 0.15) is 66.0 Å². The molecule has 0 aliphatic heterocycles. The summed E-state index contributed by atoms with van der Waals surface area (Å²) in [7, 11) is 0. The Morgan fingerprint density at radius 2 is 1.59 bits per heavy atom. The first-order valence-corrected chi connectivity index (χ1v) is 8.38. The van der Waals surface area contributed by atoms with Crippen molar-refractivity contribution in [2.24, 2.45) is 0 Å². The van der Waals surface area contributed by atoms with Gasteiger partial charge in [-0.1, -0.05) is 38.5 Å². The SMILES string of the molecule is CCCc1c(C(CC)c2ccc(O)cc2)cc(C)c(C)c1C. The number of hydrogen-bond donors (Lipinski definition) is 1. The molecule has 2 aromatic carbocycles. The lowest BCUT2D eigenvalue weighted by Crippen LogP contribution is -2.08. The maximum Gasteiger partial charge on any atom is 0.115 e. The lowest BCUT2D eigenvalue weighted by molar-refractivity contribution is 0.475. The molecular formula is C21H28O. The van der Waals surface area contributed by atoms with Crippen molar-refractivity contribution in [1.82, 2.24) is 0 Å². The maximum absolute atomic E-state index is 9.55. The number of aromatic hydroxyl groups is 1. The Kier molecular flexibility index (Phi) is 5.28. The summed E-state index contributed by atoms with van der Waals surface area (Å²) in [4.78, 5) is 0. The van der Waals surface area contributed by atoms with Crippen molar-refractivity contribution in [1.29, 1.82) is 0 Å². The number of hydrogen-bond acceptors (Lipinski definition) is 1. The average molecular weight is 296 g/mol. The molecule has 0 aliphatic carbocycles. The third-order valence-electron chi connectivity index (χ3n) is 4.91. The van der Waals surface area contributed by atoms with Crippen molar-refractivity contribution in [2.45, 2.75) is 59.8 Å². The van der Waals surface area contributed by atoms with Gasteiger partial charge in [0.05, 0.1) is 0 Å². The van der Waals surface area contributed by atoms with Gasteiger partial charge in [0.2, 0.25) is 0 Å². The topological polar surface area (TPSA) is 20.2 Å². The van der Waals surface area contributed by atoms with E-state index in [-0.39, 0.29) is 0 Å². The van der Waals surface area contributed by atoms with Crippen molar-refractivity contribution in [3.8, 4) is 5.75 Å². The van der Waals surface area contributed by atoms with E-state index < -0.39 is 0 Å². The van der Waals surface area contributed by atoms with Gasteiger partial charge in [-0.25, -0.2) is 0 Å². The number of phenolic OH excluding ortho intramolecular Hbond substituents is 1. The summed E-state index contributed by atoms with van der Waals surface area (Å²) < 4.78 is 0. The Bertz CT molecular complexity index is 638. The van der Waals surface area contributed by atoms with E-state index in [9.17, 15) is 5.11 Å². The first-order valence-electron chi connectivity index (χ1n) is 8.38. The van der Waals surface area contributed by atoms with Crippen LogP contribution < -0.4 is 0 Å². The molecule has 2 rings (SSSR count). The van der Waals surface area contributed by atoms with Crippen molar-refractivity contribution >= 4 is 0 Å². The van der Waals surface area contributed by atoms with E-state index in [2.05, 4.69) is 52.8 Å². The molecular weight excluding hydrogens is 268 g/mol. The smallest absolute Gasteiger partial charge is 0.115 e. The largest absolute Gasteiger partial charge is 0.508 e. The predicted octanol–water partition coefficient (Wildman–Crippen LogP) is 5.81. The van der Waals surface area contributed by atoms with E-state index >= 15 is 0 Å². The van der Waals surface area contributed by atoms with E-state index in [1.54, 1.807) is 12.1 Å². The Morgan fingerprint density at radius 1 is 0.955 bits per heavy atom. The lowest BCUT2D eigenvalue weighted by Gasteiger charge is -2.24. The van der Waals surface area contributed by atoms with E-state index in [1.807, 2.05) is 0 Å². The summed E-state index contributed by atoms with van der Waals surface area (Å²) in [6, 6.07) is 10.1. The summed E-state index contributed by atoms with van der Waals surface area (Å²) in [5.41, 5.74) is 8.54. The number of rotatable bonds is 5. The second kappa shape index (κ2) is 7.00. The van der Waals surface area contributed by atoms with Crippen molar-refractivity contribution in [2.75, 3.05) is 0 Å². The minimum absolute atomic E-state index is 0.337. The van der Waals surface area contributed by atoms with Crippen LogP contribution in [0, 0.1) is 20.8 Å². The van der Waals surface area contributed by atoms with E-state index in [0.717, 1.165) is 12.8 Å². The molecule has 2 aromatic rings. The molecule has 1 heteroatoms. The van der Waals surface area contributed by atoms with Crippen LogP contribution in [0.4, 0.5) is 0 Å². The summed E-state index contributed by atoms with van der Waals surface area (Å²) in [5.74, 6) is 0.740. The van der Waals surface area contributed by atoms with Gasteiger partial charge in [-0.05, 0) is 79.1 Å². The van der Waals surface area contributed by atoms with Gasteiger partial charge in [0.1, 0.15) is 5.75 Å². The Balaban J connectivity index is 2.59. The molecule has 1 nitrogen and oxygen atoms in total. The van der Waals surface area contributed by atoms with Crippen LogP contribution in [0.3, 0.4) is 0 Å². The first-order chi connectivity index (χ1) is 10.5. The van der Waals surface area contributed by atoms with Crippen LogP contribution in [-0.4, -0.2) is 5.11 Å². The average Bonchev–Trinajstić information content (AvgIpc) is 2.51. The molecule has 22 heavy (non-hydrogen) atoms. The van der Waals surface area contributed by atoms with Gasteiger partial charge in [0, 0.05) is 5.92 Å². The Labute approximate surface area is 135 Å². The van der Waals surface area contributed by atoms with Gasteiger partial charge in [0.25, 0.3) is 0 Å². The van der Waals surface area contributed by atoms with Gasteiger partial charge in [0.15, 0.2) is 0 Å². The zero-order valence-electron chi connectivity index (χ0n) is 14.5. The molecule has 0 saturated heterocycles. The molecule has 0 amide bonds.